The smallest absolute Gasteiger partial charge is 0.0595 e. The highest BCUT2D eigenvalue weighted by Crippen LogP contribution is 2.28. The van der Waals surface area contributed by atoms with Crippen LogP contribution >= 0.6 is 34.5 Å². The van der Waals surface area contributed by atoms with Crippen LogP contribution in [0.15, 0.2) is 30.3 Å². The predicted molar refractivity (Wildman–Crippen MR) is 81.0 cm³/mol. The molecule has 1 nitrogen and oxygen atoms in total. The first-order valence-corrected chi connectivity index (χ1v) is 7.35. The molecule has 0 saturated heterocycles. The molecule has 1 unspecified atom stereocenters. The molecule has 0 aliphatic rings. The number of hydrogen-bond donors (Lipinski definition) is 1. The van der Waals surface area contributed by atoms with E-state index in [1.54, 1.807) is 0 Å². The molecule has 1 aromatic carbocycles. The van der Waals surface area contributed by atoms with Gasteiger partial charge in [0, 0.05) is 15.8 Å². The monoisotopic (exact) mass is 299 g/mol. The fraction of sp³-hybridized carbons (Fsp3) is 0.286. The molecule has 0 aliphatic heterocycles. The summed E-state index contributed by atoms with van der Waals surface area (Å²) in [6, 6.07) is 10.5. The number of likely N-dealkylation sites (N-methyl/N-ethyl adjacent to an activating group) is 1. The van der Waals surface area contributed by atoms with Crippen LogP contribution in [0, 0.1) is 6.92 Å². The third-order valence-corrected chi connectivity index (χ3v) is 4.73. The normalized spacial score (nSPS) is 12.7. The van der Waals surface area contributed by atoms with Crippen LogP contribution in [0.25, 0.3) is 0 Å². The maximum absolute atomic E-state index is 6.04. The average molecular weight is 300 g/mol. The molecule has 0 aliphatic carbocycles. The third-order valence-electron chi connectivity index (χ3n) is 2.88. The van der Waals surface area contributed by atoms with E-state index in [0.717, 1.165) is 6.42 Å². The molecule has 18 heavy (non-hydrogen) atoms. The fourth-order valence-electron chi connectivity index (χ4n) is 1.89. The molecule has 2 rings (SSSR count). The Balaban J connectivity index is 2.17. The van der Waals surface area contributed by atoms with Crippen molar-refractivity contribution in [3.63, 3.8) is 0 Å². The first-order chi connectivity index (χ1) is 8.60. The lowest BCUT2D eigenvalue weighted by Gasteiger charge is -2.15. The van der Waals surface area contributed by atoms with Gasteiger partial charge in [-0.1, -0.05) is 29.3 Å². The highest BCUT2D eigenvalue weighted by atomic mass is 35.5. The van der Waals surface area contributed by atoms with Gasteiger partial charge in [-0.25, -0.2) is 0 Å². The van der Waals surface area contributed by atoms with Gasteiger partial charge in [0.05, 0.1) is 10.0 Å². The van der Waals surface area contributed by atoms with E-state index in [9.17, 15) is 0 Å². The zero-order valence-corrected chi connectivity index (χ0v) is 12.7. The van der Waals surface area contributed by atoms with Gasteiger partial charge in [0.25, 0.3) is 0 Å². The summed E-state index contributed by atoms with van der Waals surface area (Å²) in [6.45, 7) is 2.13. The highest BCUT2D eigenvalue weighted by molar-refractivity contribution is 7.12. The van der Waals surface area contributed by atoms with Crippen LogP contribution in [0.4, 0.5) is 0 Å². The van der Waals surface area contributed by atoms with Crippen LogP contribution in [0.2, 0.25) is 10.0 Å². The minimum atomic E-state index is 0.320. The molecule has 2 aromatic rings. The summed E-state index contributed by atoms with van der Waals surface area (Å²) in [6.07, 6.45) is 0.910. The van der Waals surface area contributed by atoms with Crippen molar-refractivity contribution in [3.05, 3.63) is 55.7 Å². The topological polar surface area (TPSA) is 12.0 Å². The Bertz CT molecular complexity index is 536. The summed E-state index contributed by atoms with van der Waals surface area (Å²) in [4.78, 5) is 2.68. The van der Waals surface area contributed by atoms with Crippen molar-refractivity contribution < 1.29 is 0 Å². The Morgan fingerprint density at radius 1 is 1.17 bits per heavy atom. The molecule has 96 valence electrons. The molecule has 1 aromatic heterocycles. The first kappa shape index (κ1) is 13.9. The number of rotatable bonds is 4. The van der Waals surface area contributed by atoms with Gasteiger partial charge in [0.2, 0.25) is 0 Å². The minimum Gasteiger partial charge on any atom is -0.312 e. The molecule has 1 atom stereocenters. The van der Waals surface area contributed by atoms with Crippen molar-refractivity contribution in [1.29, 1.82) is 0 Å². The van der Waals surface area contributed by atoms with Gasteiger partial charge in [-0.3, -0.25) is 0 Å². The molecule has 0 radical (unpaired) electrons. The van der Waals surface area contributed by atoms with Gasteiger partial charge in [-0.2, -0.15) is 0 Å². The van der Waals surface area contributed by atoms with E-state index < -0.39 is 0 Å². The second kappa shape index (κ2) is 6.07. The molecule has 4 heteroatoms. The van der Waals surface area contributed by atoms with Crippen LogP contribution in [-0.4, -0.2) is 7.05 Å². The quantitative estimate of drug-likeness (QED) is 0.849. The Labute approximate surface area is 122 Å². The predicted octanol–water partition coefficient (Wildman–Crippen LogP) is 4.87. The third kappa shape index (κ3) is 3.27. The largest absolute Gasteiger partial charge is 0.312 e. The van der Waals surface area contributed by atoms with Gasteiger partial charge in [0.1, 0.15) is 0 Å². The SMILES string of the molecule is CNC(Cc1ccc(Cl)c(Cl)c1)c1ccc(C)s1. The second-order valence-corrected chi connectivity index (χ2v) is 6.38. The molecule has 0 bridgehead atoms. The zero-order valence-electron chi connectivity index (χ0n) is 10.3. The molecule has 1 heterocycles. The van der Waals surface area contributed by atoms with E-state index >= 15 is 0 Å². The maximum Gasteiger partial charge on any atom is 0.0595 e. The molecule has 1 N–H and O–H groups in total. The van der Waals surface area contributed by atoms with E-state index in [-0.39, 0.29) is 0 Å². The molecular weight excluding hydrogens is 285 g/mol. The zero-order chi connectivity index (χ0) is 13.1. The lowest BCUT2D eigenvalue weighted by Crippen LogP contribution is -2.17. The molecule has 0 spiro atoms. The maximum atomic E-state index is 6.04. The molecule has 0 fully saturated rings. The average Bonchev–Trinajstić information content (AvgIpc) is 2.77. The van der Waals surface area contributed by atoms with Gasteiger partial charge >= 0.3 is 0 Å². The molecule has 0 amide bonds. The number of hydrogen-bond acceptors (Lipinski definition) is 2. The summed E-state index contributed by atoms with van der Waals surface area (Å²) in [5.41, 5.74) is 1.19. The van der Waals surface area contributed by atoms with Gasteiger partial charge in [0.15, 0.2) is 0 Å². The fourth-order valence-corrected chi connectivity index (χ4v) is 3.20. The van der Waals surface area contributed by atoms with Crippen molar-refractivity contribution in [2.75, 3.05) is 7.05 Å². The number of thiophene rings is 1. The summed E-state index contributed by atoms with van der Waals surface area (Å²) < 4.78 is 0. The van der Waals surface area contributed by atoms with Crippen LogP contribution < -0.4 is 5.32 Å². The standard InChI is InChI=1S/C14H15Cl2NS/c1-9-3-6-14(18-9)13(17-2)8-10-4-5-11(15)12(16)7-10/h3-7,13,17H,8H2,1-2H3. The van der Waals surface area contributed by atoms with Crippen molar-refractivity contribution in [2.24, 2.45) is 0 Å². The van der Waals surface area contributed by atoms with Crippen LogP contribution in [0.5, 0.6) is 0 Å². The summed E-state index contributed by atoms with van der Waals surface area (Å²) in [5.74, 6) is 0. The number of nitrogens with one attached hydrogen (secondary N) is 1. The van der Waals surface area contributed by atoms with Crippen LogP contribution in [0.3, 0.4) is 0 Å². The van der Waals surface area contributed by atoms with Gasteiger partial charge < -0.3 is 5.32 Å². The van der Waals surface area contributed by atoms with Crippen LogP contribution in [-0.2, 0) is 6.42 Å². The molecule has 0 saturated carbocycles. The van der Waals surface area contributed by atoms with Gasteiger partial charge in [-0.05, 0) is 50.2 Å². The first-order valence-electron chi connectivity index (χ1n) is 5.77. The van der Waals surface area contributed by atoms with Crippen LogP contribution in [0.1, 0.15) is 21.4 Å². The summed E-state index contributed by atoms with van der Waals surface area (Å²) in [5, 5.41) is 4.57. The van der Waals surface area contributed by atoms with E-state index in [4.69, 9.17) is 23.2 Å². The number of benzene rings is 1. The van der Waals surface area contributed by atoms with Gasteiger partial charge in [-0.15, -0.1) is 11.3 Å². The molecular formula is C14H15Cl2NS. The van der Waals surface area contributed by atoms with E-state index in [2.05, 4.69) is 24.4 Å². The van der Waals surface area contributed by atoms with Crippen molar-refractivity contribution in [1.82, 2.24) is 5.32 Å². The van der Waals surface area contributed by atoms with E-state index in [1.807, 2.05) is 36.6 Å². The van der Waals surface area contributed by atoms with Crippen molar-refractivity contribution in [2.45, 2.75) is 19.4 Å². The Morgan fingerprint density at radius 3 is 2.50 bits per heavy atom. The van der Waals surface area contributed by atoms with E-state index in [1.165, 1.54) is 15.3 Å². The number of aryl methyl sites for hydroxylation is 1. The van der Waals surface area contributed by atoms with Crippen molar-refractivity contribution >= 4 is 34.5 Å². The van der Waals surface area contributed by atoms with E-state index in [0.29, 0.717) is 16.1 Å². The van der Waals surface area contributed by atoms with Crippen molar-refractivity contribution in [3.8, 4) is 0 Å². The second-order valence-electron chi connectivity index (χ2n) is 4.24. The lowest BCUT2D eigenvalue weighted by atomic mass is 10.0. The Hall–Kier alpha value is -0.540. The summed E-state index contributed by atoms with van der Waals surface area (Å²) >= 11 is 13.8. The lowest BCUT2D eigenvalue weighted by molar-refractivity contribution is 0.602. The minimum absolute atomic E-state index is 0.320. The summed E-state index contributed by atoms with van der Waals surface area (Å²) in [7, 11) is 1.98. The highest BCUT2D eigenvalue weighted by Gasteiger charge is 2.12. The Morgan fingerprint density at radius 2 is 1.94 bits per heavy atom. The Kier molecular flexibility index (Phi) is 4.68. The number of halogens is 2.